The number of piperazine rings is 1. The predicted molar refractivity (Wildman–Crippen MR) is 121 cm³/mol. The highest BCUT2D eigenvalue weighted by Crippen LogP contribution is 2.16. The first-order valence-electron chi connectivity index (χ1n) is 9.87. The van der Waals surface area contributed by atoms with Gasteiger partial charge in [0.2, 0.25) is 10.0 Å². The van der Waals surface area contributed by atoms with Gasteiger partial charge in [0.15, 0.2) is 5.96 Å². The van der Waals surface area contributed by atoms with Crippen LogP contribution in [0.1, 0.15) is 33.1 Å². The number of aliphatic imine (C=N–C) groups is 1. The van der Waals surface area contributed by atoms with Crippen molar-refractivity contribution in [2.45, 2.75) is 39.2 Å². The first-order chi connectivity index (χ1) is 13.0. The largest absolute Gasteiger partial charge is 0.368 e. The Bertz CT molecular complexity index is 603. The van der Waals surface area contributed by atoms with E-state index in [1.807, 2.05) is 11.8 Å². The molecule has 2 aliphatic heterocycles. The zero-order chi connectivity index (χ0) is 19.7. The molecule has 2 heterocycles. The highest BCUT2D eigenvalue weighted by Gasteiger charge is 2.30. The van der Waals surface area contributed by atoms with E-state index in [4.69, 9.17) is 4.74 Å². The number of rotatable bonds is 8. The Kier molecular flexibility index (Phi) is 11.6. The summed E-state index contributed by atoms with van der Waals surface area (Å²) < 4.78 is 30.9. The second kappa shape index (κ2) is 12.8. The highest BCUT2D eigenvalue weighted by molar-refractivity contribution is 14.0. The fourth-order valence-electron chi connectivity index (χ4n) is 3.13. The van der Waals surface area contributed by atoms with E-state index >= 15 is 0 Å². The van der Waals surface area contributed by atoms with Gasteiger partial charge in [-0.05, 0) is 33.1 Å². The number of halogens is 1. The van der Waals surface area contributed by atoms with Crippen molar-refractivity contribution in [1.29, 1.82) is 0 Å². The van der Waals surface area contributed by atoms with E-state index in [0.29, 0.717) is 39.2 Å². The van der Waals surface area contributed by atoms with E-state index in [1.165, 1.54) is 0 Å². The van der Waals surface area contributed by atoms with Crippen LogP contribution in [0.2, 0.25) is 0 Å². The Morgan fingerprint density at radius 2 is 1.86 bits per heavy atom. The molecule has 2 aliphatic rings. The molecule has 2 N–H and O–H groups in total. The lowest BCUT2D eigenvalue weighted by molar-refractivity contribution is -0.142. The normalized spacial score (nSPS) is 20.8. The maximum Gasteiger partial charge on any atom is 0.251 e. The second-order valence-electron chi connectivity index (χ2n) is 6.70. The molecule has 164 valence electrons. The molecule has 2 fully saturated rings. The number of guanidine groups is 1. The molecule has 0 radical (unpaired) electrons. The Hall–Kier alpha value is -0.660. The molecular formula is C17H34IN5O4S. The molecule has 0 aromatic heterocycles. The van der Waals surface area contributed by atoms with Crippen molar-refractivity contribution in [1.82, 2.24) is 19.8 Å². The number of hydrogen-bond donors (Lipinski definition) is 2. The van der Waals surface area contributed by atoms with Crippen LogP contribution in [0.5, 0.6) is 0 Å². The minimum absolute atomic E-state index is 0. The first kappa shape index (κ1) is 25.4. The summed E-state index contributed by atoms with van der Waals surface area (Å²) in [6, 6.07) is 0. The summed E-state index contributed by atoms with van der Waals surface area (Å²) in [5.41, 5.74) is 0. The summed E-state index contributed by atoms with van der Waals surface area (Å²) in [6.07, 6.45) is 2.17. The Labute approximate surface area is 185 Å². The summed E-state index contributed by atoms with van der Waals surface area (Å²) in [5, 5.41) is 3.28. The van der Waals surface area contributed by atoms with Crippen LogP contribution in [0.3, 0.4) is 0 Å². The molecule has 0 aromatic rings. The first-order valence-corrected chi connectivity index (χ1v) is 11.5. The van der Waals surface area contributed by atoms with Crippen LogP contribution < -0.4 is 10.0 Å². The lowest BCUT2D eigenvalue weighted by atomic mass is 10.2. The molecule has 2 rings (SSSR count). The number of nitrogens with one attached hydrogen (secondary N) is 2. The third-order valence-corrected chi connectivity index (χ3v) is 6.13. The van der Waals surface area contributed by atoms with E-state index < -0.39 is 10.0 Å². The lowest BCUT2D eigenvalue weighted by Crippen LogP contribution is -2.55. The molecule has 1 atom stereocenters. The molecule has 11 heteroatoms. The standard InChI is InChI=1S/C17H33N5O4S.HI/c1-3-18-17(19-8-6-9-20-27(24,25)4-2)22-12-10-21(11-13-22)16(23)15-7-5-14-26-15;/h15,20H,3-14H2,1-2H3,(H,18,19);1H. The number of carbonyl (C=O) groups is 1. The molecule has 2 saturated heterocycles. The van der Waals surface area contributed by atoms with E-state index in [1.54, 1.807) is 6.92 Å². The van der Waals surface area contributed by atoms with Crippen LogP contribution in [0.15, 0.2) is 4.99 Å². The van der Waals surface area contributed by atoms with Crippen molar-refractivity contribution in [2.24, 2.45) is 4.99 Å². The van der Waals surface area contributed by atoms with Crippen LogP contribution in [0.4, 0.5) is 0 Å². The van der Waals surface area contributed by atoms with Gasteiger partial charge in [-0.3, -0.25) is 9.79 Å². The van der Waals surface area contributed by atoms with E-state index in [0.717, 1.165) is 38.4 Å². The average Bonchev–Trinajstić information content (AvgIpc) is 3.21. The fourth-order valence-corrected chi connectivity index (χ4v) is 3.79. The van der Waals surface area contributed by atoms with Gasteiger partial charge in [0.05, 0.1) is 5.75 Å². The van der Waals surface area contributed by atoms with Gasteiger partial charge < -0.3 is 19.9 Å². The molecule has 9 nitrogen and oxygen atoms in total. The van der Waals surface area contributed by atoms with Gasteiger partial charge in [-0.15, -0.1) is 24.0 Å². The van der Waals surface area contributed by atoms with Gasteiger partial charge in [-0.1, -0.05) is 0 Å². The monoisotopic (exact) mass is 531 g/mol. The van der Waals surface area contributed by atoms with Gasteiger partial charge in [-0.2, -0.15) is 0 Å². The topological polar surface area (TPSA) is 103 Å². The number of amides is 1. The molecule has 0 spiro atoms. The van der Waals surface area contributed by atoms with Crippen LogP contribution in [0, 0.1) is 0 Å². The minimum atomic E-state index is -3.14. The van der Waals surface area contributed by atoms with Crippen molar-refractivity contribution >= 4 is 45.9 Å². The van der Waals surface area contributed by atoms with Crippen molar-refractivity contribution in [3.05, 3.63) is 0 Å². The minimum Gasteiger partial charge on any atom is -0.368 e. The highest BCUT2D eigenvalue weighted by atomic mass is 127. The average molecular weight is 531 g/mol. The van der Waals surface area contributed by atoms with E-state index in [2.05, 4.69) is 19.9 Å². The van der Waals surface area contributed by atoms with E-state index in [9.17, 15) is 13.2 Å². The van der Waals surface area contributed by atoms with Crippen LogP contribution in [-0.2, 0) is 19.6 Å². The van der Waals surface area contributed by atoms with Gasteiger partial charge in [-0.25, -0.2) is 13.1 Å². The number of nitrogens with zero attached hydrogens (tertiary/aromatic N) is 3. The van der Waals surface area contributed by atoms with Gasteiger partial charge in [0, 0.05) is 52.4 Å². The third-order valence-electron chi connectivity index (χ3n) is 4.73. The summed E-state index contributed by atoms with van der Waals surface area (Å²) in [5.74, 6) is 1.02. The summed E-state index contributed by atoms with van der Waals surface area (Å²) in [7, 11) is -3.14. The summed E-state index contributed by atoms with van der Waals surface area (Å²) in [6.45, 7) is 8.80. The molecule has 1 amide bonds. The summed E-state index contributed by atoms with van der Waals surface area (Å²) in [4.78, 5) is 21.1. The van der Waals surface area contributed by atoms with Crippen molar-refractivity contribution in [3.8, 4) is 0 Å². The number of ether oxygens (including phenoxy) is 1. The maximum absolute atomic E-state index is 12.4. The number of sulfonamides is 1. The van der Waals surface area contributed by atoms with Crippen molar-refractivity contribution < 1.29 is 17.9 Å². The molecule has 1 unspecified atom stereocenters. The summed E-state index contributed by atoms with van der Waals surface area (Å²) >= 11 is 0. The van der Waals surface area contributed by atoms with Crippen LogP contribution in [-0.4, -0.2) is 94.4 Å². The van der Waals surface area contributed by atoms with Gasteiger partial charge in [0.25, 0.3) is 5.91 Å². The second-order valence-corrected chi connectivity index (χ2v) is 8.80. The van der Waals surface area contributed by atoms with Crippen LogP contribution >= 0.6 is 24.0 Å². The van der Waals surface area contributed by atoms with Gasteiger partial charge in [0.1, 0.15) is 6.10 Å². The maximum atomic E-state index is 12.4. The van der Waals surface area contributed by atoms with E-state index in [-0.39, 0.29) is 41.7 Å². The molecule has 0 saturated carbocycles. The molecule has 0 aliphatic carbocycles. The Morgan fingerprint density at radius 1 is 1.18 bits per heavy atom. The number of carbonyl (C=O) groups excluding carboxylic acids is 1. The molecular weight excluding hydrogens is 497 g/mol. The number of hydrogen-bond acceptors (Lipinski definition) is 5. The quantitative estimate of drug-likeness (QED) is 0.201. The molecule has 0 aromatic carbocycles. The molecule has 0 bridgehead atoms. The fraction of sp³-hybridized carbons (Fsp3) is 0.882. The molecule has 28 heavy (non-hydrogen) atoms. The Morgan fingerprint density at radius 3 is 2.43 bits per heavy atom. The Balaban J connectivity index is 0.00000392. The smallest absolute Gasteiger partial charge is 0.251 e. The van der Waals surface area contributed by atoms with Crippen molar-refractivity contribution in [3.63, 3.8) is 0 Å². The third kappa shape index (κ3) is 7.99. The van der Waals surface area contributed by atoms with Gasteiger partial charge >= 0.3 is 0 Å². The SMILES string of the molecule is CCNC(=NCCCNS(=O)(=O)CC)N1CCN(C(=O)C2CCCO2)CC1.I. The zero-order valence-electron chi connectivity index (χ0n) is 16.9. The predicted octanol–water partition coefficient (Wildman–Crippen LogP) is 0.223. The zero-order valence-corrected chi connectivity index (χ0v) is 20.0. The van der Waals surface area contributed by atoms with Crippen LogP contribution in [0.25, 0.3) is 0 Å². The lowest BCUT2D eigenvalue weighted by Gasteiger charge is -2.37. The van der Waals surface area contributed by atoms with Crippen molar-refractivity contribution in [2.75, 3.05) is 58.2 Å².